The molecule has 5 rings (SSSR count). The first-order valence-corrected chi connectivity index (χ1v) is 12.2. The fourth-order valence-electron chi connectivity index (χ4n) is 3.96. The van der Waals surface area contributed by atoms with E-state index in [-0.39, 0.29) is 17.8 Å². The molecular formula is C22H22N6O3S2. The summed E-state index contributed by atoms with van der Waals surface area (Å²) in [6.07, 6.45) is -0.591. The number of thioether (sulfide) groups is 2. The number of rotatable bonds is 6. The summed E-state index contributed by atoms with van der Waals surface area (Å²) >= 11 is 2.71. The Morgan fingerprint density at radius 3 is 2.39 bits per heavy atom. The molecule has 170 valence electrons. The second kappa shape index (κ2) is 8.81. The quantitative estimate of drug-likeness (QED) is 0.413. The molecular weight excluding hydrogens is 460 g/mol. The molecule has 2 aliphatic rings. The number of nitrogens with zero attached hydrogens (tertiary/aromatic N) is 5. The first kappa shape index (κ1) is 21.9. The maximum Gasteiger partial charge on any atom is 0.326 e. The number of carbonyl (C=O) groups is 2. The van der Waals surface area contributed by atoms with Crippen molar-refractivity contribution in [3.63, 3.8) is 0 Å². The number of benzene rings is 2. The lowest BCUT2D eigenvalue weighted by molar-refractivity contribution is -0.154. The standard InChI is InChI=1S/C22H22N6O3S2/c1-27-21(24-25-26-27)33-22(12-28-18(29)16(23)19(28)32-13-22)20(30)31-17(14-8-4-2-5-9-14)15-10-6-3-7-11-15/h2-11,16-17,19H,12-13,23H2,1H3/t16?,19-,22?/m1/s1. The molecule has 2 fully saturated rings. The van der Waals surface area contributed by atoms with E-state index in [2.05, 4.69) is 15.5 Å². The average molecular weight is 483 g/mol. The van der Waals surface area contributed by atoms with E-state index < -0.39 is 22.9 Å². The summed E-state index contributed by atoms with van der Waals surface area (Å²) in [6.45, 7) is 0.184. The van der Waals surface area contributed by atoms with Gasteiger partial charge in [0.25, 0.3) is 0 Å². The van der Waals surface area contributed by atoms with Gasteiger partial charge in [-0.15, -0.1) is 16.9 Å². The highest BCUT2D eigenvalue weighted by molar-refractivity contribution is 8.04. The minimum absolute atomic E-state index is 0.129. The van der Waals surface area contributed by atoms with E-state index >= 15 is 0 Å². The Hall–Kier alpha value is -2.89. The summed E-state index contributed by atoms with van der Waals surface area (Å²) in [5.41, 5.74) is 7.69. The van der Waals surface area contributed by atoms with Crippen molar-refractivity contribution in [1.29, 1.82) is 0 Å². The highest BCUT2D eigenvalue weighted by atomic mass is 32.2. The molecule has 2 saturated heterocycles. The monoisotopic (exact) mass is 482 g/mol. The molecule has 2 aromatic carbocycles. The van der Waals surface area contributed by atoms with E-state index in [1.165, 1.54) is 28.2 Å². The van der Waals surface area contributed by atoms with Gasteiger partial charge in [-0.3, -0.25) is 9.59 Å². The largest absolute Gasteiger partial charge is 0.451 e. The Kier molecular flexibility index (Phi) is 5.85. The highest BCUT2D eigenvalue weighted by Crippen LogP contribution is 2.46. The number of hydrogen-bond donors (Lipinski definition) is 1. The number of aryl methyl sites for hydroxylation is 1. The fraction of sp³-hybridized carbons (Fsp3) is 0.318. The predicted octanol–water partition coefficient (Wildman–Crippen LogP) is 1.62. The van der Waals surface area contributed by atoms with Crippen molar-refractivity contribution < 1.29 is 14.3 Å². The molecule has 1 amide bonds. The molecule has 11 heteroatoms. The molecule has 0 radical (unpaired) electrons. The van der Waals surface area contributed by atoms with Crippen molar-refractivity contribution in [3.8, 4) is 0 Å². The number of ether oxygens (including phenoxy) is 1. The first-order valence-electron chi connectivity index (χ1n) is 10.4. The van der Waals surface area contributed by atoms with Gasteiger partial charge in [0.15, 0.2) is 6.10 Å². The summed E-state index contributed by atoms with van der Waals surface area (Å²) in [5, 5.41) is 12.0. The van der Waals surface area contributed by atoms with Crippen LogP contribution in [0.1, 0.15) is 17.2 Å². The summed E-state index contributed by atoms with van der Waals surface area (Å²) in [4.78, 5) is 27.9. The van der Waals surface area contributed by atoms with E-state index in [4.69, 9.17) is 10.5 Å². The van der Waals surface area contributed by atoms with Crippen molar-refractivity contribution in [3.05, 3.63) is 71.8 Å². The molecule has 0 aliphatic carbocycles. The molecule has 3 aromatic rings. The van der Waals surface area contributed by atoms with E-state index in [1.54, 1.807) is 11.9 Å². The van der Waals surface area contributed by atoms with Crippen LogP contribution in [0.5, 0.6) is 0 Å². The van der Waals surface area contributed by atoms with Gasteiger partial charge >= 0.3 is 5.97 Å². The second-order valence-electron chi connectivity index (χ2n) is 7.98. The van der Waals surface area contributed by atoms with Crippen molar-refractivity contribution >= 4 is 35.4 Å². The number of esters is 1. The minimum atomic E-state index is -1.08. The lowest BCUT2D eigenvalue weighted by Gasteiger charge is -2.52. The number of β-lactam (4-membered cyclic amide) rings is 1. The predicted molar refractivity (Wildman–Crippen MR) is 124 cm³/mol. The van der Waals surface area contributed by atoms with E-state index in [9.17, 15) is 9.59 Å². The van der Waals surface area contributed by atoms with Crippen LogP contribution in [0.2, 0.25) is 0 Å². The van der Waals surface area contributed by atoms with Crippen LogP contribution in [0.25, 0.3) is 0 Å². The number of hydrogen-bond acceptors (Lipinski definition) is 9. The molecule has 2 unspecified atom stereocenters. The van der Waals surface area contributed by atoms with Crippen LogP contribution in [0.3, 0.4) is 0 Å². The van der Waals surface area contributed by atoms with Crippen LogP contribution < -0.4 is 5.73 Å². The molecule has 2 aliphatic heterocycles. The number of nitrogens with two attached hydrogens (primary N) is 1. The van der Waals surface area contributed by atoms with Crippen molar-refractivity contribution in [2.45, 2.75) is 27.4 Å². The van der Waals surface area contributed by atoms with Crippen LogP contribution in [0.15, 0.2) is 65.8 Å². The molecule has 2 N–H and O–H groups in total. The minimum Gasteiger partial charge on any atom is -0.451 e. The number of aromatic nitrogens is 4. The molecule has 3 atom stereocenters. The summed E-state index contributed by atoms with van der Waals surface area (Å²) < 4.78 is 6.63. The van der Waals surface area contributed by atoms with Gasteiger partial charge in [-0.05, 0) is 21.6 Å². The second-order valence-corrected chi connectivity index (χ2v) is 10.4. The summed E-state index contributed by atoms with van der Waals surface area (Å²) in [5.74, 6) is -0.168. The molecule has 0 bridgehead atoms. The molecule has 0 spiro atoms. The highest BCUT2D eigenvalue weighted by Gasteiger charge is 2.57. The normalized spacial score (nSPS) is 24.3. The van der Waals surface area contributed by atoms with Crippen LogP contribution in [0, 0.1) is 0 Å². The van der Waals surface area contributed by atoms with Gasteiger partial charge in [-0.2, -0.15) is 0 Å². The third-order valence-corrected chi connectivity index (χ3v) is 8.86. The van der Waals surface area contributed by atoms with E-state index in [0.29, 0.717) is 10.9 Å². The van der Waals surface area contributed by atoms with Gasteiger partial charge in [-0.1, -0.05) is 72.4 Å². The molecule has 1 aromatic heterocycles. The molecule has 33 heavy (non-hydrogen) atoms. The van der Waals surface area contributed by atoms with Crippen molar-refractivity contribution in [2.75, 3.05) is 12.3 Å². The smallest absolute Gasteiger partial charge is 0.326 e. The third kappa shape index (κ3) is 4.00. The fourth-order valence-corrected chi connectivity index (χ4v) is 6.66. The Labute approximate surface area is 199 Å². The average Bonchev–Trinajstić information content (AvgIpc) is 3.26. The third-order valence-electron chi connectivity index (χ3n) is 5.77. The van der Waals surface area contributed by atoms with Crippen LogP contribution in [-0.4, -0.2) is 65.4 Å². The lowest BCUT2D eigenvalue weighted by Crippen LogP contribution is -2.73. The Morgan fingerprint density at radius 1 is 1.18 bits per heavy atom. The Balaban J connectivity index is 1.48. The van der Waals surface area contributed by atoms with Gasteiger partial charge in [0.05, 0.1) is 0 Å². The van der Waals surface area contributed by atoms with Gasteiger partial charge in [0, 0.05) is 19.3 Å². The Bertz CT molecular complexity index is 1120. The van der Waals surface area contributed by atoms with Crippen LogP contribution in [0.4, 0.5) is 0 Å². The summed E-state index contributed by atoms with van der Waals surface area (Å²) in [6, 6.07) is 18.7. The number of carbonyl (C=O) groups excluding carboxylic acids is 2. The summed E-state index contributed by atoms with van der Waals surface area (Å²) in [7, 11) is 1.71. The lowest BCUT2D eigenvalue weighted by atomic mass is 10.00. The maximum absolute atomic E-state index is 13.9. The van der Waals surface area contributed by atoms with Gasteiger partial charge in [-0.25, -0.2) is 4.68 Å². The SMILES string of the molecule is Cn1nnnc1SC1(C(=O)OC(c2ccccc2)c2ccccc2)CS[C@@H]2C(N)C(=O)N2C1. The first-order chi connectivity index (χ1) is 16.0. The van der Waals surface area contributed by atoms with Gasteiger partial charge in [0.2, 0.25) is 11.1 Å². The molecule has 3 heterocycles. The van der Waals surface area contributed by atoms with Crippen molar-refractivity contribution in [1.82, 2.24) is 25.1 Å². The van der Waals surface area contributed by atoms with E-state index in [1.807, 2.05) is 60.7 Å². The van der Waals surface area contributed by atoms with E-state index in [0.717, 1.165) is 11.1 Å². The molecule has 0 saturated carbocycles. The number of fused-ring (bicyclic) bond motifs is 1. The molecule has 9 nitrogen and oxygen atoms in total. The number of amides is 1. The van der Waals surface area contributed by atoms with Crippen molar-refractivity contribution in [2.24, 2.45) is 12.8 Å². The Morgan fingerprint density at radius 2 is 1.82 bits per heavy atom. The zero-order chi connectivity index (χ0) is 23.0. The maximum atomic E-state index is 13.9. The topological polar surface area (TPSA) is 116 Å². The zero-order valence-corrected chi connectivity index (χ0v) is 19.4. The van der Waals surface area contributed by atoms with Gasteiger partial charge < -0.3 is 15.4 Å². The number of tetrazole rings is 1. The van der Waals surface area contributed by atoms with Crippen LogP contribution in [-0.2, 0) is 21.4 Å². The zero-order valence-electron chi connectivity index (χ0n) is 17.8. The van der Waals surface area contributed by atoms with Crippen LogP contribution >= 0.6 is 23.5 Å². The van der Waals surface area contributed by atoms with Gasteiger partial charge in [0.1, 0.15) is 16.2 Å².